The van der Waals surface area contributed by atoms with Crippen molar-refractivity contribution in [3.8, 4) is 40.0 Å². The molecule has 32 heavy (non-hydrogen) atoms. The van der Waals surface area contributed by atoms with Crippen molar-refractivity contribution >= 4 is 17.4 Å². The first-order valence-corrected chi connectivity index (χ1v) is 9.62. The fraction of sp³-hybridized carbons (Fsp3) is 0.0417. The Hall–Kier alpha value is -4.64. The summed E-state index contributed by atoms with van der Waals surface area (Å²) in [6.45, 7) is 0. The number of benzene rings is 3. The van der Waals surface area contributed by atoms with Crippen LogP contribution in [0.3, 0.4) is 0 Å². The van der Waals surface area contributed by atoms with E-state index in [-0.39, 0.29) is 11.4 Å². The fourth-order valence-electron chi connectivity index (χ4n) is 3.63. The van der Waals surface area contributed by atoms with E-state index in [2.05, 4.69) is 15.2 Å². The van der Waals surface area contributed by atoms with Gasteiger partial charge in [0.25, 0.3) is 0 Å². The van der Waals surface area contributed by atoms with Gasteiger partial charge in [-0.05, 0) is 47.5 Å². The molecule has 0 N–H and O–H groups in total. The molecule has 8 heteroatoms. The molecule has 0 aliphatic carbocycles. The summed E-state index contributed by atoms with van der Waals surface area (Å²) in [6, 6.07) is 17.0. The smallest absolute Gasteiger partial charge is 0.227 e. The molecular weight excluding hydrogens is 409 g/mol. The summed E-state index contributed by atoms with van der Waals surface area (Å²) in [5, 5.41) is 17.4. The normalized spacial score (nSPS) is 10.9. The molecule has 154 valence electrons. The van der Waals surface area contributed by atoms with Crippen LogP contribution in [0, 0.1) is 17.1 Å². The molecule has 0 fully saturated rings. The van der Waals surface area contributed by atoms with Crippen LogP contribution < -0.4 is 0 Å². The van der Waals surface area contributed by atoms with Crippen molar-refractivity contribution in [3.05, 3.63) is 77.9 Å². The van der Waals surface area contributed by atoms with E-state index in [1.54, 1.807) is 30.1 Å². The molecule has 0 unspecified atom stereocenters. The number of rotatable bonds is 4. The molecule has 5 rings (SSSR count). The van der Waals surface area contributed by atoms with Crippen LogP contribution in [-0.2, 0) is 7.05 Å². The Labute approximate surface area is 181 Å². The summed E-state index contributed by atoms with van der Waals surface area (Å²) in [6.07, 6.45) is 2.22. The molecule has 0 bridgehead atoms. The van der Waals surface area contributed by atoms with Gasteiger partial charge in [-0.3, -0.25) is 4.79 Å². The highest BCUT2D eigenvalue weighted by molar-refractivity contribution is 5.89. The maximum absolute atomic E-state index is 14.0. The molecule has 2 heterocycles. The molecule has 0 aliphatic rings. The fourth-order valence-corrected chi connectivity index (χ4v) is 3.63. The van der Waals surface area contributed by atoms with Gasteiger partial charge in [0.1, 0.15) is 30.0 Å². The number of aldehydes is 1. The van der Waals surface area contributed by atoms with Crippen LogP contribution in [0.4, 0.5) is 4.39 Å². The van der Waals surface area contributed by atoms with E-state index in [0.717, 1.165) is 11.1 Å². The molecule has 2 aromatic heterocycles. The first kappa shape index (κ1) is 19.3. The van der Waals surface area contributed by atoms with E-state index in [1.807, 2.05) is 30.3 Å². The number of fused-ring (bicyclic) bond motifs is 1. The Morgan fingerprint density at radius 2 is 1.94 bits per heavy atom. The molecule has 3 aromatic carbocycles. The number of aromatic nitrogens is 4. The molecule has 7 nitrogen and oxygen atoms in total. The molecule has 0 saturated heterocycles. The number of carbonyl (C=O) groups excluding carboxylic acids is 1. The number of hydrogen-bond donors (Lipinski definition) is 0. The monoisotopic (exact) mass is 423 g/mol. The average molecular weight is 423 g/mol. The first-order valence-electron chi connectivity index (χ1n) is 9.62. The third-order valence-corrected chi connectivity index (χ3v) is 5.12. The summed E-state index contributed by atoms with van der Waals surface area (Å²) in [5.74, 6) is 0.465. The molecule has 0 spiro atoms. The van der Waals surface area contributed by atoms with Gasteiger partial charge >= 0.3 is 0 Å². The number of halogens is 1. The maximum atomic E-state index is 14.0. The molecule has 5 aromatic rings. The van der Waals surface area contributed by atoms with Crippen molar-refractivity contribution in [1.29, 1.82) is 5.26 Å². The second-order valence-corrected chi connectivity index (χ2v) is 7.20. The van der Waals surface area contributed by atoms with Crippen LogP contribution in [0.5, 0.6) is 0 Å². The summed E-state index contributed by atoms with van der Waals surface area (Å²) >= 11 is 0. The van der Waals surface area contributed by atoms with Gasteiger partial charge in [-0.25, -0.2) is 9.37 Å². The van der Waals surface area contributed by atoms with Gasteiger partial charge in [0, 0.05) is 23.7 Å². The SMILES string of the molecule is Cn1cnnc1-c1cc(F)ccc1-c1cccc(-c2nc3cc(C=O)cc(C#N)c3o2)c1. The number of hydrogen-bond acceptors (Lipinski definition) is 6. The third-order valence-electron chi connectivity index (χ3n) is 5.12. The number of aryl methyl sites for hydroxylation is 1. The van der Waals surface area contributed by atoms with E-state index in [9.17, 15) is 14.4 Å². The Morgan fingerprint density at radius 3 is 2.69 bits per heavy atom. The number of oxazole rings is 1. The van der Waals surface area contributed by atoms with E-state index < -0.39 is 0 Å². The quantitative estimate of drug-likeness (QED) is 0.386. The predicted octanol–water partition coefficient (Wildman–Crippen LogP) is 4.78. The lowest BCUT2D eigenvalue weighted by molar-refractivity contribution is 0.112. The second kappa shape index (κ2) is 7.56. The summed E-state index contributed by atoms with van der Waals surface area (Å²) in [4.78, 5) is 15.6. The molecular formula is C24H14FN5O2. The predicted molar refractivity (Wildman–Crippen MR) is 115 cm³/mol. The Bertz CT molecular complexity index is 1540. The lowest BCUT2D eigenvalue weighted by Crippen LogP contribution is -1.95. The topological polar surface area (TPSA) is 97.6 Å². The third kappa shape index (κ3) is 3.22. The van der Waals surface area contributed by atoms with Crippen LogP contribution in [-0.4, -0.2) is 26.0 Å². The van der Waals surface area contributed by atoms with Crippen molar-refractivity contribution < 1.29 is 13.6 Å². The highest BCUT2D eigenvalue weighted by Gasteiger charge is 2.17. The number of nitrogens with zero attached hydrogens (tertiary/aromatic N) is 5. The van der Waals surface area contributed by atoms with Crippen LogP contribution in [0.25, 0.3) is 45.1 Å². The lowest BCUT2D eigenvalue weighted by Gasteiger charge is -2.10. The van der Waals surface area contributed by atoms with E-state index >= 15 is 0 Å². The zero-order valence-electron chi connectivity index (χ0n) is 16.8. The summed E-state index contributed by atoms with van der Waals surface area (Å²) in [7, 11) is 1.79. The highest BCUT2D eigenvalue weighted by atomic mass is 19.1. The van der Waals surface area contributed by atoms with Crippen LogP contribution in [0.2, 0.25) is 0 Å². The average Bonchev–Trinajstić information content (AvgIpc) is 3.44. The van der Waals surface area contributed by atoms with Crippen LogP contribution in [0.15, 0.2) is 65.3 Å². The molecule has 0 amide bonds. The largest absolute Gasteiger partial charge is 0.435 e. The van der Waals surface area contributed by atoms with Crippen molar-refractivity contribution in [1.82, 2.24) is 19.7 Å². The van der Waals surface area contributed by atoms with E-state index in [4.69, 9.17) is 4.42 Å². The van der Waals surface area contributed by atoms with Gasteiger partial charge in [-0.15, -0.1) is 10.2 Å². The van der Waals surface area contributed by atoms with Gasteiger partial charge < -0.3 is 8.98 Å². The van der Waals surface area contributed by atoms with Crippen molar-refractivity contribution in [3.63, 3.8) is 0 Å². The molecule has 0 radical (unpaired) electrons. The van der Waals surface area contributed by atoms with Crippen molar-refractivity contribution in [2.24, 2.45) is 7.05 Å². The van der Waals surface area contributed by atoms with Gasteiger partial charge in [0.05, 0.1) is 5.56 Å². The minimum absolute atomic E-state index is 0.239. The Kier molecular flexibility index (Phi) is 4.57. The van der Waals surface area contributed by atoms with Crippen molar-refractivity contribution in [2.45, 2.75) is 0 Å². The standard InChI is InChI=1S/C24H14FN5O2/c1-30-13-27-29-23(30)20-10-18(25)5-6-19(20)15-3-2-4-16(9-15)24-28-21-8-14(12-31)7-17(11-26)22(21)32-24/h2-10,12-13H,1H3. The molecule has 0 saturated carbocycles. The number of carbonyl (C=O) groups is 1. The van der Waals surface area contributed by atoms with Crippen molar-refractivity contribution in [2.75, 3.05) is 0 Å². The number of nitriles is 1. The lowest BCUT2D eigenvalue weighted by atomic mass is 9.97. The van der Waals surface area contributed by atoms with Gasteiger partial charge in [-0.1, -0.05) is 18.2 Å². The first-order chi connectivity index (χ1) is 15.6. The Balaban J connectivity index is 1.65. The minimum Gasteiger partial charge on any atom is -0.435 e. The van der Waals surface area contributed by atoms with Crippen LogP contribution in [0.1, 0.15) is 15.9 Å². The van der Waals surface area contributed by atoms with E-state index in [0.29, 0.717) is 45.8 Å². The highest BCUT2D eigenvalue weighted by Crippen LogP contribution is 2.34. The summed E-state index contributed by atoms with van der Waals surface area (Å²) < 4.78 is 21.6. The Morgan fingerprint density at radius 1 is 1.09 bits per heavy atom. The second-order valence-electron chi connectivity index (χ2n) is 7.20. The molecule has 0 atom stereocenters. The maximum Gasteiger partial charge on any atom is 0.227 e. The van der Waals surface area contributed by atoms with Gasteiger partial charge in [0.15, 0.2) is 11.4 Å². The van der Waals surface area contributed by atoms with Gasteiger partial charge in [-0.2, -0.15) is 5.26 Å². The zero-order valence-corrected chi connectivity index (χ0v) is 16.8. The van der Waals surface area contributed by atoms with Gasteiger partial charge in [0.2, 0.25) is 5.89 Å². The van der Waals surface area contributed by atoms with Crippen LogP contribution >= 0.6 is 0 Å². The van der Waals surface area contributed by atoms with E-state index in [1.165, 1.54) is 18.2 Å². The summed E-state index contributed by atoms with van der Waals surface area (Å²) in [5.41, 5.74) is 4.17. The zero-order chi connectivity index (χ0) is 22.2. The minimum atomic E-state index is -0.378. The molecule has 0 aliphatic heterocycles.